The lowest BCUT2D eigenvalue weighted by molar-refractivity contribution is 0.155. The van der Waals surface area contributed by atoms with Crippen LogP contribution in [0.3, 0.4) is 0 Å². The molecule has 0 radical (unpaired) electrons. The Balaban J connectivity index is 1.40. The monoisotopic (exact) mass is 368 g/mol. The zero-order valence-electron chi connectivity index (χ0n) is 14.2. The summed E-state index contributed by atoms with van der Waals surface area (Å²) in [5.41, 5.74) is 3.55. The maximum Gasteiger partial charge on any atom is 0.412 e. The Hall–Kier alpha value is -3.13. The van der Waals surface area contributed by atoms with E-state index in [9.17, 15) is 4.79 Å². The Kier molecular flexibility index (Phi) is 4.18. The molecule has 7 nitrogen and oxygen atoms in total. The summed E-state index contributed by atoms with van der Waals surface area (Å²) in [5.74, 6) is 0. The number of furan rings is 1. The van der Waals surface area contributed by atoms with Crippen LogP contribution in [0.1, 0.15) is 11.3 Å². The van der Waals surface area contributed by atoms with Gasteiger partial charge in [0, 0.05) is 18.0 Å². The second-order valence-electron chi connectivity index (χ2n) is 5.81. The molecule has 0 aliphatic carbocycles. The van der Waals surface area contributed by atoms with Crippen LogP contribution < -0.4 is 5.32 Å². The Labute approximate surface area is 153 Å². The highest BCUT2D eigenvalue weighted by molar-refractivity contribution is 7.19. The second-order valence-corrected chi connectivity index (χ2v) is 6.81. The molecule has 4 aromatic rings. The van der Waals surface area contributed by atoms with E-state index in [1.54, 1.807) is 23.4 Å². The van der Waals surface area contributed by atoms with Gasteiger partial charge in [0.2, 0.25) is 0 Å². The molecule has 3 heterocycles. The fourth-order valence-electron chi connectivity index (χ4n) is 2.60. The minimum absolute atomic E-state index is 0.184. The molecule has 132 valence electrons. The molecular weight excluding hydrogens is 352 g/mol. The van der Waals surface area contributed by atoms with Crippen molar-refractivity contribution in [1.29, 1.82) is 0 Å². The van der Waals surface area contributed by atoms with Crippen molar-refractivity contribution in [1.82, 2.24) is 14.8 Å². The van der Waals surface area contributed by atoms with Gasteiger partial charge in [-0.3, -0.25) is 10.00 Å². The maximum absolute atomic E-state index is 12.1. The standard InChI is InChI=1S/C18H16N4O3S/c1-11-16(26-17(20-11)13-5-6-24-10-13)21-18(23)25-9-12-3-4-15-14(7-12)8-19-22(15)2/h3-8,10H,9H2,1-2H3,(H,21,23). The molecular formula is C18H16N4O3S. The molecule has 3 aromatic heterocycles. The van der Waals surface area contributed by atoms with Gasteiger partial charge in [0.15, 0.2) is 0 Å². The fourth-order valence-corrected chi connectivity index (χ4v) is 3.54. The number of amides is 1. The van der Waals surface area contributed by atoms with E-state index in [1.165, 1.54) is 11.3 Å². The van der Waals surface area contributed by atoms with E-state index in [4.69, 9.17) is 9.15 Å². The number of aromatic nitrogens is 3. The van der Waals surface area contributed by atoms with Crippen LogP contribution in [0.2, 0.25) is 0 Å². The summed E-state index contributed by atoms with van der Waals surface area (Å²) in [7, 11) is 1.89. The van der Waals surface area contributed by atoms with Crippen molar-refractivity contribution in [2.24, 2.45) is 7.05 Å². The molecule has 0 unspecified atom stereocenters. The van der Waals surface area contributed by atoms with Crippen LogP contribution in [0.15, 0.2) is 47.4 Å². The first-order valence-corrected chi connectivity index (χ1v) is 8.76. The number of fused-ring (bicyclic) bond motifs is 1. The molecule has 0 bridgehead atoms. The lowest BCUT2D eigenvalue weighted by atomic mass is 10.2. The first-order chi connectivity index (χ1) is 12.6. The van der Waals surface area contributed by atoms with Gasteiger partial charge in [0.05, 0.1) is 23.7 Å². The lowest BCUT2D eigenvalue weighted by Crippen LogP contribution is -2.13. The van der Waals surface area contributed by atoms with Crippen LogP contribution in [-0.2, 0) is 18.4 Å². The van der Waals surface area contributed by atoms with Gasteiger partial charge in [-0.1, -0.05) is 17.4 Å². The molecule has 1 aromatic carbocycles. The van der Waals surface area contributed by atoms with E-state index in [2.05, 4.69) is 15.4 Å². The average Bonchev–Trinajstić information content (AvgIpc) is 3.35. The molecule has 0 spiro atoms. The topological polar surface area (TPSA) is 82.2 Å². The minimum atomic E-state index is -0.512. The number of benzene rings is 1. The number of hydrogen-bond acceptors (Lipinski definition) is 6. The van der Waals surface area contributed by atoms with Gasteiger partial charge >= 0.3 is 6.09 Å². The zero-order valence-corrected chi connectivity index (χ0v) is 15.0. The minimum Gasteiger partial charge on any atom is -0.472 e. The van der Waals surface area contributed by atoms with Crippen LogP contribution >= 0.6 is 11.3 Å². The normalized spacial score (nSPS) is 11.0. The predicted molar refractivity (Wildman–Crippen MR) is 99.1 cm³/mol. The Morgan fingerprint density at radius 3 is 3.08 bits per heavy atom. The number of carbonyl (C=O) groups is 1. The summed E-state index contributed by atoms with van der Waals surface area (Å²) >= 11 is 1.38. The molecule has 0 aliphatic rings. The number of thiazole rings is 1. The summed E-state index contributed by atoms with van der Waals surface area (Å²) in [4.78, 5) is 16.6. The molecule has 26 heavy (non-hydrogen) atoms. The Morgan fingerprint density at radius 1 is 1.38 bits per heavy atom. The number of nitrogens with one attached hydrogen (secondary N) is 1. The van der Waals surface area contributed by atoms with Gasteiger partial charge < -0.3 is 9.15 Å². The molecule has 1 amide bonds. The summed E-state index contributed by atoms with van der Waals surface area (Å²) in [6.45, 7) is 2.02. The molecule has 1 N–H and O–H groups in total. The van der Waals surface area contributed by atoms with Crippen molar-refractivity contribution in [3.8, 4) is 10.6 Å². The quantitative estimate of drug-likeness (QED) is 0.579. The van der Waals surface area contributed by atoms with Gasteiger partial charge in [0.1, 0.15) is 22.9 Å². The van der Waals surface area contributed by atoms with Gasteiger partial charge in [-0.15, -0.1) is 0 Å². The van der Waals surface area contributed by atoms with E-state index in [0.29, 0.717) is 5.00 Å². The average molecular weight is 368 g/mol. The highest BCUT2D eigenvalue weighted by atomic mass is 32.1. The van der Waals surface area contributed by atoms with Crippen LogP contribution in [0.4, 0.5) is 9.80 Å². The van der Waals surface area contributed by atoms with E-state index in [-0.39, 0.29) is 6.61 Å². The number of rotatable bonds is 4. The van der Waals surface area contributed by atoms with Crippen LogP contribution in [0.25, 0.3) is 21.5 Å². The Bertz CT molecular complexity index is 1070. The largest absolute Gasteiger partial charge is 0.472 e. The molecule has 0 atom stereocenters. The number of anilines is 1. The molecule has 0 aliphatic heterocycles. The van der Waals surface area contributed by atoms with Crippen LogP contribution in [-0.4, -0.2) is 20.9 Å². The molecule has 8 heteroatoms. The summed E-state index contributed by atoms with van der Waals surface area (Å²) in [5, 5.41) is 9.42. The number of nitrogens with zero attached hydrogens (tertiary/aromatic N) is 3. The van der Waals surface area contributed by atoms with E-state index in [0.717, 1.165) is 32.7 Å². The number of ether oxygens (including phenoxy) is 1. The number of aryl methyl sites for hydroxylation is 2. The van der Waals surface area contributed by atoms with E-state index < -0.39 is 6.09 Å². The highest BCUT2D eigenvalue weighted by Crippen LogP contribution is 2.32. The first kappa shape index (κ1) is 16.3. The fraction of sp³-hybridized carbons (Fsp3) is 0.167. The van der Waals surface area contributed by atoms with Gasteiger partial charge in [-0.05, 0) is 30.7 Å². The number of carbonyl (C=O) groups excluding carboxylic acids is 1. The lowest BCUT2D eigenvalue weighted by Gasteiger charge is -2.06. The third-order valence-corrected chi connectivity index (χ3v) is 5.08. The molecule has 0 fully saturated rings. The third kappa shape index (κ3) is 3.18. The van der Waals surface area contributed by atoms with E-state index in [1.807, 2.05) is 38.2 Å². The second kappa shape index (κ2) is 6.64. The molecule has 0 saturated carbocycles. The van der Waals surface area contributed by atoms with Crippen molar-refractivity contribution >= 4 is 33.3 Å². The van der Waals surface area contributed by atoms with Crippen molar-refractivity contribution in [3.63, 3.8) is 0 Å². The van der Waals surface area contributed by atoms with Crippen molar-refractivity contribution in [2.75, 3.05) is 5.32 Å². The predicted octanol–water partition coefficient (Wildman–Crippen LogP) is 4.35. The van der Waals surface area contributed by atoms with E-state index >= 15 is 0 Å². The smallest absolute Gasteiger partial charge is 0.412 e. The van der Waals surface area contributed by atoms with Crippen molar-refractivity contribution < 1.29 is 13.9 Å². The van der Waals surface area contributed by atoms with Gasteiger partial charge in [-0.2, -0.15) is 5.10 Å². The first-order valence-electron chi connectivity index (χ1n) is 7.94. The van der Waals surface area contributed by atoms with Gasteiger partial charge in [-0.25, -0.2) is 9.78 Å². The summed E-state index contributed by atoms with van der Waals surface area (Å²) < 4.78 is 12.2. The molecule has 0 saturated heterocycles. The summed E-state index contributed by atoms with van der Waals surface area (Å²) in [6, 6.07) is 7.68. The van der Waals surface area contributed by atoms with Crippen molar-refractivity contribution in [2.45, 2.75) is 13.5 Å². The zero-order chi connectivity index (χ0) is 18.1. The Morgan fingerprint density at radius 2 is 2.27 bits per heavy atom. The van der Waals surface area contributed by atoms with Crippen LogP contribution in [0, 0.1) is 6.92 Å². The summed E-state index contributed by atoms with van der Waals surface area (Å²) in [6.07, 6.45) is 4.49. The highest BCUT2D eigenvalue weighted by Gasteiger charge is 2.13. The maximum atomic E-state index is 12.1. The van der Waals surface area contributed by atoms with Crippen molar-refractivity contribution in [3.05, 3.63) is 54.2 Å². The van der Waals surface area contributed by atoms with Crippen LogP contribution in [0.5, 0.6) is 0 Å². The SMILES string of the molecule is Cc1nc(-c2ccoc2)sc1NC(=O)OCc1ccc2c(cnn2C)c1. The third-order valence-electron chi connectivity index (χ3n) is 3.96. The molecule has 4 rings (SSSR count). The number of hydrogen-bond donors (Lipinski definition) is 1. The van der Waals surface area contributed by atoms with Gasteiger partial charge in [0.25, 0.3) is 0 Å².